The van der Waals surface area contributed by atoms with Gasteiger partial charge >= 0.3 is 0 Å². The molecule has 0 fully saturated rings. The third kappa shape index (κ3) is 3.01. The number of carbonyl (C=O) groups excluding carboxylic acids is 1. The second-order valence-electron chi connectivity index (χ2n) is 6.44. The summed E-state index contributed by atoms with van der Waals surface area (Å²) in [5, 5.41) is 18.9. The number of para-hydroxylation sites is 1. The molecule has 0 unspecified atom stereocenters. The van der Waals surface area contributed by atoms with Crippen molar-refractivity contribution in [2.24, 2.45) is 10.2 Å². The third-order valence-corrected chi connectivity index (χ3v) is 4.46. The van der Waals surface area contributed by atoms with E-state index in [0.29, 0.717) is 5.56 Å². The second kappa shape index (κ2) is 6.57. The molecular weight excluding hydrogens is 340 g/mol. The van der Waals surface area contributed by atoms with Crippen molar-refractivity contribution in [2.75, 3.05) is 0 Å². The zero-order valence-electron chi connectivity index (χ0n) is 15.0. The number of hydrogen-bond acceptors (Lipinski definition) is 3. The molecule has 0 saturated carbocycles. The van der Waals surface area contributed by atoms with Gasteiger partial charge in [-0.15, -0.1) is 10.2 Å². The van der Waals surface area contributed by atoms with E-state index in [1.165, 1.54) is 0 Å². The first-order valence-electron chi connectivity index (χ1n) is 8.55. The number of carbonyl (C=O) groups is 1. The summed E-state index contributed by atoms with van der Waals surface area (Å²) in [5.74, 6) is -0.577. The Morgan fingerprint density at radius 2 is 1.81 bits per heavy atom. The van der Waals surface area contributed by atoms with Crippen LogP contribution in [0.25, 0.3) is 16.6 Å². The number of fused-ring (bicyclic) bond motifs is 1. The van der Waals surface area contributed by atoms with Crippen LogP contribution < -0.4 is 0 Å². The van der Waals surface area contributed by atoms with Crippen LogP contribution in [0.1, 0.15) is 21.5 Å². The number of aromatic amines is 1. The van der Waals surface area contributed by atoms with Crippen LogP contribution in [-0.2, 0) is 0 Å². The highest BCUT2D eigenvalue weighted by Gasteiger charge is 2.15. The minimum atomic E-state index is -0.475. The Kier molecular flexibility index (Phi) is 4.08. The summed E-state index contributed by atoms with van der Waals surface area (Å²) < 4.78 is 1.85. The van der Waals surface area contributed by atoms with E-state index in [0.717, 1.165) is 27.7 Å². The Balaban J connectivity index is 1.74. The van der Waals surface area contributed by atoms with Crippen molar-refractivity contribution in [3.05, 3.63) is 77.6 Å². The quantitative estimate of drug-likeness (QED) is 0.493. The number of aryl methyl sites for hydroxylation is 2. The van der Waals surface area contributed by atoms with Gasteiger partial charge in [-0.25, -0.2) is 0 Å². The first-order chi connectivity index (χ1) is 13.0. The van der Waals surface area contributed by atoms with Gasteiger partial charge in [0.05, 0.1) is 16.8 Å². The number of azo groups is 1. The minimum absolute atomic E-state index is 0.103. The molecule has 6 nitrogen and oxygen atoms in total. The van der Waals surface area contributed by atoms with Crippen molar-refractivity contribution in [1.82, 2.24) is 9.55 Å². The van der Waals surface area contributed by atoms with E-state index in [2.05, 4.69) is 15.2 Å². The fourth-order valence-electron chi connectivity index (χ4n) is 3.25. The van der Waals surface area contributed by atoms with Crippen LogP contribution in [0.15, 0.2) is 71.2 Å². The molecular formula is C21H18N4O2. The molecule has 0 atom stereocenters. The summed E-state index contributed by atoms with van der Waals surface area (Å²) >= 11 is 0. The molecule has 4 aromatic rings. The molecule has 2 aromatic carbocycles. The lowest BCUT2D eigenvalue weighted by Crippen LogP contribution is -2.02. The van der Waals surface area contributed by atoms with Crippen molar-refractivity contribution in [2.45, 2.75) is 13.8 Å². The van der Waals surface area contributed by atoms with Crippen molar-refractivity contribution < 1.29 is 9.90 Å². The molecule has 0 bridgehead atoms. The molecule has 0 aliphatic carbocycles. The maximum absolute atomic E-state index is 12.7. The molecule has 0 saturated heterocycles. The van der Waals surface area contributed by atoms with Gasteiger partial charge in [-0.2, -0.15) is 0 Å². The summed E-state index contributed by atoms with van der Waals surface area (Å²) in [6.07, 6.45) is 3.72. The summed E-state index contributed by atoms with van der Waals surface area (Å²) in [5.41, 5.74) is 4.24. The van der Waals surface area contributed by atoms with Gasteiger partial charge in [0.25, 0.3) is 5.91 Å². The highest BCUT2D eigenvalue weighted by Crippen LogP contribution is 2.37. The van der Waals surface area contributed by atoms with Crippen molar-refractivity contribution in [1.29, 1.82) is 0 Å². The average Bonchev–Trinajstić information content (AvgIpc) is 3.28. The summed E-state index contributed by atoms with van der Waals surface area (Å²) in [4.78, 5) is 15.6. The topological polar surface area (TPSA) is 82.7 Å². The number of aromatic nitrogens is 2. The van der Waals surface area contributed by atoms with Gasteiger partial charge in [-0.05, 0) is 49.7 Å². The number of H-pyrrole nitrogens is 1. The molecule has 2 heterocycles. The molecule has 1 amide bonds. The fraction of sp³-hybridized carbons (Fsp3) is 0.0952. The van der Waals surface area contributed by atoms with E-state index < -0.39 is 5.91 Å². The molecule has 27 heavy (non-hydrogen) atoms. The van der Waals surface area contributed by atoms with E-state index in [1.807, 2.05) is 67.2 Å². The number of amides is 1. The Labute approximate surface area is 155 Å². The largest absolute Gasteiger partial charge is 0.493 e. The standard InChI is InChI=1S/C21H18N4O2/c1-13-11-14(2)18-16(12-13)19(21(27)22-18)23-24-20(26)15-7-3-4-8-17(15)25-9-5-6-10-25/h3-12,22,27H,1-2H3. The van der Waals surface area contributed by atoms with Crippen LogP contribution in [0.5, 0.6) is 5.88 Å². The number of rotatable bonds is 3. The SMILES string of the molecule is Cc1cc(C)c2[nH]c(O)c(N=NC(=O)c3ccccc3-n3cccc3)c2c1. The second-order valence-corrected chi connectivity index (χ2v) is 6.44. The lowest BCUT2D eigenvalue weighted by Gasteiger charge is -2.06. The molecule has 2 N–H and O–H groups in total. The Morgan fingerprint density at radius 1 is 1.07 bits per heavy atom. The maximum Gasteiger partial charge on any atom is 0.297 e. The van der Waals surface area contributed by atoms with E-state index in [-0.39, 0.29) is 11.6 Å². The highest BCUT2D eigenvalue weighted by atomic mass is 16.3. The molecule has 6 heteroatoms. The van der Waals surface area contributed by atoms with Crippen LogP contribution in [0.3, 0.4) is 0 Å². The maximum atomic E-state index is 12.7. The molecule has 0 radical (unpaired) electrons. The van der Waals surface area contributed by atoms with Crippen LogP contribution in [0.2, 0.25) is 0 Å². The first-order valence-corrected chi connectivity index (χ1v) is 8.55. The van der Waals surface area contributed by atoms with E-state index in [9.17, 15) is 9.90 Å². The zero-order chi connectivity index (χ0) is 19.0. The molecule has 134 valence electrons. The highest BCUT2D eigenvalue weighted by molar-refractivity contribution is 5.99. The Morgan fingerprint density at radius 3 is 2.59 bits per heavy atom. The monoisotopic (exact) mass is 358 g/mol. The van der Waals surface area contributed by atoms with Crippen molar-refractivity contribution >= 4 is 22.5 Å². The molecule has 0 aliphatic rings. The minimum Gasteiger partial charge on any atom is -0.493 e. The zero-order valence-corrected chi connectivity index (χ0v) is 15.0. The van der Waals surface area contributed by atoms with Crippen molar-refractivity contribution in [3.63, 3.8) is 0 Å². The lowest BCUT2D eigenvalue weighted by atomic mass is 10.1. The smallest absolute Gasteiger partial charge is 0.297 e. The Bertz CT molecular complexity index is 1170. The number of nitrogens with one attached hydrogen (secondary N) is 1. The third-order valence-electron chi connectivity index (χ3n) is 4.46. The van der Waals surface area contributed by atoms with Gasteiger partial charge in [0.15, 0.2) is 5.69 Å². The van der Waals surface area contributed by atoms with Gasteiger partial charge < -0.3 is 14.7 Å². The number of nitrogens with zero attached hydrogens (tertiary/aromatic N) is 3. The van der Waals surface area contributed by atoms with Gasteiger partial charge in [-0.3, -0.25) is 4.79 Å². The van der Waals surface area contributed by atoms with Crippen LogP contribution in [-0.4, -0.2) is 20.6 Å². The van der Waals surface area contributed by atoms with Gasteiger partial charge in [0.2, 0.25) is 5.88 Å². The van der Waals surface area contributed by atoms with E-state index >= 15 is 0 Å². The van der Waals surface area contributed by atoms with Crippen LogP contribution in [0, 0.1) is 13.8 Å². The Hall–Kier alpha value is -3.67. The molecule has 0 aliphatic heterocycles. The summed E-state index contributed by atoms with van der Waals surface area (Å²) in [6.45, 7) is 3.92. The normalized spacial score (nSPS) is 11.5. The van der Waals surface area contributed by atoms with Crippen LogP contribution >= 0.6 is 0 Å². The van der Waals surface area contributed by atoms with Gasteiger partial charge in [0, 0.05) is 17.8 Å². The van der Waals surface area contributed by atoms with Crippen molar-refractivity contribution in [3.8, 4) is 11.6 Å². The van der Waals surface area contributed by atoms with E-state index in [1.54, 1.807) is 12.1 Å². The molecule has 4 rings (SSSR count). The van der Waals surface area contributed by atoms with E-state index in [4.69, 9.17) is 0 Å². The predicted molar refractivity (Wildman–Crippen MR) is 104 cm³/mol. The van der Waals surface area contributed by atoms with Crippen LogP contribution in [0.4, 0.5) is 5.69 Å². The van der Waals surface area contributed by atoms with Gasteiger partial charge in [-0.1, -0.05) is 23.8 Å². The number of aromatic hydroxyl groups is 1. The average molecular weight is 358 g/mol. The number of benzene rings is 2. The summed E-state index contributed by atoms with van der Waals surface area (Å²) in [6, 6.07) is 14.9. The predicted octanol–water partition coefficient (Wildman–Crippen LogP) is 5.21. The lowest BCUT2D eigenvalue weighted by molar-refractivity contribution is 0.0995. The first kappa shape index (κ1) is 16.8. The molecule has 0 spiro atoms. The fourth-order valence-corrected chi connectivity index (χ4v) is 3.25. The molecule has 2 aromatic heterocycles. The summed E-state index contributed by atoms with van der Waals surface area (Å²) in [7, 11) is 0. The van der Waals surface area contributed by atoms with Gasteiger partial charge in [0.1, 0.15) is 0 Å². The number of hydrogen-bond donors (Lipinski definition) is 2.